The maximum absolute atomic E-state index is 4.95. The summed E-state index contributed by atoms with van der Waals surface area (Å²) in [5.41, 5.74) is 0. The van der Waals surface area contributed by atoms with Crippen molar-refractivity contribution < 1.29 is 4.74 Å². The van der Waals surface area contributed by atoms with E-state index in [1.54, 1.807) is 14.2 Å². The van der Waals surface area contributed by atoms with Gasteiger partial charge in [0.05, 0.1) is 0 Å². The normalized spacial score (nSPS) is 11.5. The molecule has 0 atom stereocenters. The number of hydrogen-bond acceptors (Lipinski definition) is 3. The van der Waals surface area contributed by atoms with Crippen molar-refractivity contribution in [1.82, 2.24) is 10.6 Å². The number of rotatable bonds is 7. The molecule has 0 radical (unpaired) electrons. The second kappa shape index (κ2) is 10.7. The Kier molecular flexibility index (Phi) is 10.3. The zero-order valence-electron chi connectivity index (χ0n) is 9.30. The maximum atomic E-state index is 4.95. The highest BCUT2D eigenvalue weighted by molar-refractivity contribution is 7.98. The first-order valence-electron chi connectivity index (χ1n) is 4.77. The van der Waals surface area contributed by atoms with Gasteiger partial charge in [-0.15, -0.1) is 0 Å². The fourth-order valence-corrected chi connectivity index (χ4v) is 1.22. The highest BCUT2D eigenvalue weighted by Gasteiger charge is 1.94. The van der Waals surface area contributed by atoms with Crippen LogP contribution in [0.4, 0.5) is 0 Å². The van der Waals surface area contributed by atoms with Gasteiger partial charge in [0, 0.05) is 39.6 Å². The standard InChI is InChI=1S/C9H21N3OS/c1-10-9(12-6-8-14-3)11-5-4-7-13-2/h4-8H2,1-3H3,(H2,10,11,12). The van der Waals surface area contributed by atoms with Crippen LogP contribution in [0.25, 0.3) is 0 Å². The minimum Gasteiger partial charge on any atom is -0.385 e. The van der Waals surface area contributed by atoms with Crippen LogP contribution in [0.1, 0.15) is 6.42 Å². The fourth-order valence-electron chi connectivity index (χ4n) is 0.915. The van der Waals surface area contributed by atoms with Gasteiger partial charge in [-0.1, -0.05) is 0 Å². The van der Waals surface area contributed by atoms with E-state index in [0.717, 1.165) is 37.8 Å². The van der Waals surface area contributed by atoms with Crippen molar-refractivity contribution in [3.05, 3.63) is 0 Å². The molecule has 0 amide bonds. The molecule has 2 N–H and O–H groups in total. The first-order valence-corrected chi connectivity index (χ1v) is 6.17. The summed E-state index contributed by atoms with van der Waals surface area (Å²) in [4.78, 5) is 4.10. The van der Waals surface area contributed by atoms with Crippen molar-refractivity contribution in [3.63, 3.8) is 0 Å². The molecule has 0 fully saturated rings. The molecule has 0 saturated heterocycles. The SMILES string of the molecule is CN=C(NCCCOC)NCCSC. The Bertz CT molecular complexity index is 153. The number of ether oxygens (including phenoxy) is 1. The Morgan fingerprint density at radius 2 is 2.07 bits per heavy atom. The first kappa shape index (κ1) is 13.6. The lowest BCUT2D eigenvalue weighted by atomic mass is 10.4. The lowest BCUT2D eigenvalue weighted by Gasteiger charge is -2.10. The van der Waals surface area contributed by atoms with E-state index in [1.807, 2.05) is 11.8 Å². The van der Waals surface area contributed by atoms with Crippen LogP contribution in [-0.4, -0.2) is 51.8 Å². The van der Waals surface area contributed by atoms with Crippen LogP contribution in [-0.2, 0) is 4.74 Å². The van der Waals surface area contributed by atoms with Crippen LogP contribution in [0.15, 0.2) is 4.99 Å². The highest BCUT2D eigenvalue weighted by atomic mass is 32.2. The van der Waals surface area contributed by atoms with Gasteiger partial charge < -0.3 is 15.4 Å². The van der Waals surface area contributed by atoms with Gasteiger partial charge in [0.1, 0.15) is 0 Å². The minimum absolute atomic E-state index is 0.787. The Labute approximate surface area is 90.9 Å². The van der Waals surface area contributed by atoms with E-state index in [-0.39, 0.29) is 0 Å². The predicted molar refractivity (Wildman–Crippen MR) is 64.2 cm³/mol. The second-order valence-electron chi connectivity index (χ2n) is 2.76. The molecule has 14 heavy (non-hydrogen) atoms. The molecule has 0 aliphatic heterocycles. The molecule has 0 bridgehead atoms. The van der Waals surface area contributed by atoms with Crippen molar-refractivity contribution in [3.8, 4) is 0 Å². The number of thioether (sulfide) groups is 1. The van der Waals surface area contributed by atoms with E-state index < -0.39 is 0 Å². The fraction of sp³-hybridized carbons (Fsp3) is 0.889. The average molecular weight is 219 g/mol. The number of aliphatic imine (C=N–C) groups is 1. The molecule has 0 aliphatic rings. The quantitative estimate of drug-likeness (QED) is 0.373. The van der Waals surface area contributed by atoms with Crippen LogP contribution >= 0.6 is 11.8 Å². The summed E-state index contributed by atoms with van der Waals surface area (Å²) in [6.07, 6.45) is 3.09. The maximum Gasteiger partial charge on any atom is 0.191 e. The van der Waals surface area contributed by atoms with Crippen LogP contribution in [0.2, 0.25) is 0 Å². The Morgan fingerprint density at radius 3 is 2.64 bits per heavy atom. The molecular formula is C9H21N3OS. The van der Waals surface area contributed by atoms with Gasteiger partial charge in [0.25, 0.3) is 0 Å². The van der Waals surface area contributed by atoms with Crippen LogP contribution < -0.4 is 10.6 Å². The summed E-state index contributed by atoms with van der Waals surface area (Å²) in [6.45, 7) is 2.63. The van der Waals surface area contributed by atoms with E-state index in [0.29, 0.717) is 0 Å². The molecule has 0 aromatic heterocycles. The highest BCUT2D eigenvalue weighted by Crippen LogP contribution is 1.86. The lowest BCUT2D eigenvalue weighted by Crippen LogP contribution is -2.39. The topological polar surface area (TPSA) is 45.7 Å². The Hall–Kier alpha value is -0.420. The van der Waals surface area contributed by atoms with E-state index in [2.05, 4.69) is 21.9 Å². The molecule has 0 aromatic rings. The van der Waals surface area contributed by atoms with Gasteiger partial charge in [-0.3, -0.25) is 4.99 Å². The smallest absolute Gasteiger partial charge is 0.191 e. The summed E-state index contributed by atoms with van der Waals surface area (Å²) in [7, 11) is 3.50. The summed E-state index contributed by atoms with van der Waals surface area (Å²) in [5, 5.41) is 6.44. The summed E-state index contributed by atoms with van der Waals surface area (Å²) in [5.74, 6) is 1.97. The monoisotopic (exact) mass is 219 g/mol. The predicted octanol–water partition coefficient (Wildman–Crippen LogP) is 0.551. The van der Waals surface area contributed by atoms with Crippen LogP contribution in [0.3, 0.4) is 0 Å². The zero-order valence-corrected chi connectivity index (χ0v) is 10.1. The van der Waals surface area contributed by atoms with Crippen LogP contribution in [0.5, 0.6) is 0 Å². The largest absolute Gasteiger partial charge is 0.385 e. The van der Waals surface area contributed by atoms with Gasteiger partial charge in [-0.2, -0.15) is 11.8 Å². The molecule has 5 heteroatoms. The Balaban J connectivity index is 3.39. The molecule has 0 rings (SSSR count). The minimum atomic E-state index is 0.787. The van der Waals surface area contributed by atoms with Crippen molar-refractivity contribution >= 4 is 17.7 Å². The van der Waals surface area contributed by atoms with Crippen molar-refractivity contribution in [2.45, 2.75) is 6.42 Å². The zero-order chi connectivity index (χ0) is 10.6. The first-order chi connectivity index (χ1) is 6.85. The molecule has 0 aromatic carbocycles. The number of nitrogens with one attached hydrogen (secondary N) is 2. The van der Waals surface area contributed by atoms with Gasteiger partial charge in [-0.05, 0) is 12.7 Å². The van der Waals surface area contributed by atoms with E-state index in [1.165, 1.54) is 0 Å². The third-order valence-electron chi connectivity index (χ3n) is 1.64. The second-order valence-corrected chi connectivity index (χ2v) is 3.75. The average Bonchev–Trinajstić information content (AvgIpc) is 2.22. The van der Waals surface area contributed by atoms with Crippen molar-refractivity contribution in [2.24, 2.45) is 4.99 Å². The third kappa shape index (κ3) is 8.19. The van der Waals surface area contributed by atoms with Crippen molar-refractivity contribution in [2.75, 3.05) is 45.9 Å². The summed E-state index contributed by atoms with van der Waals surface area (Å²) >= 11 is 1.82. The number of guanidine groups is 1. The number of hydrogen-bond donors (Lipinski definition) is 2. The molecule has 0 heterocycles. The number of methoxy groups -OCH3 is 1. The summed E-state index contributed by atoms with van der Waals surface area (Å²) in [6, 6.07) is 0. The third-order valence-corrected chi connectivity index (χ3v) is 2.25. The molecular weight excluding hydrogens is 198 g/mol. The van der Waals surface area contributed by atoms with E-state index >= 15 is 0 Å². The van der Waals surface area contributed by atoms with Gasteiger partial charge in [0.15, 0.2) is 5.96 Å². The molecule has 0 unspecified atom stereocenters. The summed E-state index contributed by atoms with van der Waals surface area (Å²) < 4.78 is 4.95. The van der Waals surface area contributed by atoms with Gasteiger partial charge >= 0.3 is 0 Å². The molecule has 84 valence electrons. The molecule has 0 saturated carbocycles. The Morgan fingerprint density at radius 1 is 1.36 bits per heavy atom. The lowest BCUT2D eigenvalue weighted by molar-refractivity contribution is 0.195. The molecule has 0 spiro atoms. The molecule has 4 nitrogen and oxygen atoms in total. The van der Waals surface area contributed by atoms with Gasteiger partial charge in [0.2, 0.25) is 0 Å². The van der Waals surface area contributed by atoms with Gasteiger partial charge in [-0.25, -0.2) is 0 Å². The number of nitrogens with zero attached hydrogens (tertiary/aromatic N) is 1. The van der Waals surface area contributed by atoms with Crippen molar-refractivity contribution in [1.29, 1.82) is 0 Å². The van der Waals surface area contributed by atoms with E-state index in [9.17, 15) is 0 Å². The van der Waals surface area contributed by atoms with E-state index in [4.69, 9.17) is 4.74 Å². The van der Waals surface area contributed by atoms with Crippen LogP contribution in [0, 0.1) is 0 Å². The molecule has 0 aliphatic carbocycles.